The zero-order chi connectivity index (χ0) is 23.8. The second kappa shape index (κ2) is 22.9. The van der Waals surface area contributed by atoms with Crippen LogP contribution in [-0.4, -0.2) is 24.4 Å². The second-order valence-corrected chi connectivity index (χ2v) is 5.22. The van der Waals surface area contributed by atoms with Crippen molar-refractivity contribution in [3.63, 3.8) is 0 Å². The zero-order valence-electron chi connectivity index (χ0n) is 20.6. The van der Waals surface area contributed by atoms with Gasteiger partial charge in [-0.05, 0) is 23.6 Å². The minimum atomic E-state index is -0.121. The number of aliphatic hydroxyl groups excluding tert-OH is 2. The summed E-state index contributed by atoms with van der Waals surface area (Å²) in [5.41, 5.74) is 3.83. The molecule has 3 aromatic carbocycles. The van der Waals surface area contributed by atoms with E-state index in [1.54, 1.807) is 0 Å². The molecular formula is C28H44O2. The highest BCUT2D eigenvalue weighted by Gasteiger charge is 2.30. The van der Waals surface area contributed by atoms with Gasteiger partial charge in [-0.3, -0.25) is 0 Å². The standard InChI is InChI=1S/C20H18.3C2H6.2CH4O/c1-20(17-11-5-2-6-12-17,18-13-7-3-8-14-18)19-15-9-4-10-16-19;5*1-2/h2-16H,1H3;3*1-2H3;2*2H,1H3. The molecule has 2 N–H and O–H groups in total. The first-order valence-corrected chi connectivity index (χ1v) is 10.9. The van der Waals surface area contributed by atoms with E-state index in [0.717, 1.165) is 14.2 Å². The van der Waals surface area contributed by atoms with E-state index >= 15 is 0 Å². The van der Waals surface area contributed by atoms with Crippen molar-refractivity contribution in [3.05, 3.63) is 108 Å². The zero-order valence-corrected chi connectivity index (χ0v) is 20.6. The molecule has 0 saturated carbocycles. The Labute approximate surface area is 186 Å². The van der Waals surface area contributed by atoms with Gasteiger partial charge in [-0.25, -0.2) is 0 Å². The lowest BCUT2D eigenvalue weighted by Crippen LogP contribution is -2.25. The molecule has 0 radical (unpaired) electrons. The molecule has 0 atom stereocenters. The van der Waals surface area contributed by atoms with Gasteiger partial charge in [0.1, 0.15) is 0 Å². The van der Waals surface area contributed by atoms with Crippen LogP contribution < -0.4 is 0 Å². The van der Waals surface area contributed by atoms with Crippen LogP contribution >= 0.6 is 0 Å². The molecule has 0 amide bonds. The normalized spacial score (nSPS) is 8.50. The Balaban J connectivity index is -0.000000642. The minimum Gasteiger partial charge on any atom is -0.400 e. The highest BCUT2D eigenvalue weighted by Crippen LogP contribution is 2.38. The van der Waals surface area contributed by atoms with Crippen LogP contribution in [0.15, 0.2) is 91.0 Å². The van der Waals surface area contributed by atoms with E-state index in [-0.39, 0.29) is 5.41 Å². The van der Waals surface area contributed by atoms with E-state index in [1.807, 2.05) is 41.5 Å². The fourth-order valence-corrected chi connectivity index (χ4v) is 2.81. The Kier molecular flexibility index (Phi) is 24.6. The van der Waals surface area contributed by atoms with Crippen molar-refractivity contribution < 1.29 is 10.2 Å². The van der Waals surface area contributed by atoms with E-state index < -0.39 is 0 Å². The number of rotatable bonds is 3. The monoisotopic (exact) mass is 412 g/mol. The fraction of sp³-hybridized carbons (Fsp3) is 0.357. The summed E-state index contributed by atoms with van der Waals surface area (Å²) in [5, 5.41) is 14.0. The van der Waals surface area contributed by atoms with E-state index in [2.05, 4.69) is 97.9 Å². The maximum Gasteiger partial charge on any atom is 0.0423 e. The van der Waals surface area contributed by atoms with Crippen LogP contribution in [-0.2, 0) is 5.41 Å². The molecule has 0 saturated heterocycles. The average molecular weight is 413 g/mol. The van der Waals surface area contributed by atoms with Crippen LogP contribution in [0.3, 0.4) is 0 Å². The molecule has 0 heterocycles. The molecule has 0 aromatic heterocycles. The number of hydrogen-bond acceptors (Lipinski definition) is 2. The summed E-state index contributed by atoms with van der Waals surface area (Å²) in [4.78, 5) is 0. The molecule has 2 heteroatoms. The van der Waals surface area contributed by atoms with E-state index in [9.17, 15) is 0 Å². The lowest BCUT2D eigenvalue weighted by Gasteiger charge is -2.31. The lowest BCUT2D eigenvalue weighted by atomic mass is 9.71. The third kappa shape index (κ3) is 9.87. The minimum absolute atomic E-state index is 0.121. The Morgan fingerprint density at radius 1 is 0.400 bits per heavy atom. The Morgan fingerprint density at radius 2 is 0.567 bits per heavy atom. The summed E-state index contributed by atoms with van der Waals surface area (Å²) in [7, 11) is 2.00. The quantitative estimate of drug-likeness (QED) is 0.442. The summed E-state index contributed by atoms with van der Waals surface area (Å²) in [5.74, 6) is 0. The van der Waals surface area contributed by atoms with Gasteiger partial charge in [0, 0.05) is 19.6 Å². The molecule has 0 aliphatic heterocycles. The van der Waals surface area contributed by atoms with Crippen molar-refractivity contribution in [3.8, 4) is 0 Å². The first-order valence-electron chi connectivity index (χ1n) is 10.9. The number of hydrogen-bond donors (Lipinski definition) is 2. The maximum atomic E-state index is 7.00. The van der Waals surface area contributed by atoms with Crippen molar-refractivity contribution in [2.45, 2.75) is 53.9 Å². The molecule has 0 aliphatic carbocycles. The summed E-state index contributed by atoms with van der Waals surface area (Å²) in [6, 6.07) is 32.1. The molecule has 2 nitrogen and oxygen atoms in total. The molecule has 0 fully saturated rings. The van der Waals surface area contributed by atoms with Crippen molar-refractivity contribution in [2.24, 2.45) is 0 Å². The Morgan fingerprint density at radius 3 is 0.733 bits per heavy atom. The predicted molar refractivity (Wildman–Crippen MR) is 135 cm³/mol. The van der Waals surface area contributed by atoms with Crippen molar-refractivity contribution in [2.75, 3.05) is 14.2 Å². The molecule has 3 aromatic rings. The van der Waals surface area contributed by atoms with Gasteiger partial charge in [-0.15, -0.1) is 0 Å². The van der Waals surface area contributed by atoms with Gasteiger partial charge in [0.25, 0.3) is 0 Å². The second-order valence-electron chi connectivity index (χ2n) is 5.22. The largest absolute Gasteiger partial charge is 0.400 e. The van der Waals surface area contributed by atoms with Gasteiger partial charge in [0.15, 0.2) is 0 Å². The fourth-order valence-electron chi connectivity index (χ4n) is 2.81. The van der Waals surface area contributed by atoms with Crippen molar-refractivity contribution >= 4 is 0 Å². The van der Waals surface area contributed by atoms with Crippen LogP contribution in [0.1, 0.15) is 65.2 Å². The first-order chi connectivity index (χ1) is 14.8. The highest BCUT2D eigenvalue weighted by atomic mass is 16.2. The maximum absolute atomic E-state index is 7.00. The highest BCUT2D eigenvalue weighted by molar-refractivity contribution is 5.49. The molecule has 168 valence electrons. The molecule has 0 bridgehead atoms. The van der Waals surface area contributed by atoms with Crippen LogP contribution in [0.4, 0.5) is 0 Å². The number of benzene rings is 3. The third-order valence-electron chi connectivity index (χ3n) is 4.05. The van der Waals surface area contributed by atoms with Gasteiger partial charge in [0.05, 0.1) is 0 Å². The van der Waals surface area contributed by atoms with Gasteiger partial charge in [-0.1, -0.05) is 133 Å². The van der Waals surface area contributed by atoms with Gasteiger partial charge in [0.2, 0.25) is 0 Å². The molecule has 0 spiro atoms. The van der Waals surface area contributed by atoms with Crippen molar-refractivity contribution in [1.82, 2.24) is 0 Å². The van der Waals surface area contributed by atoms with Crippen LogP contribution in [0.2, 0.25) is 0 Å². The molecule has 0 aliphatic rings. The van der Waals surface area contributed by atoms with E-state index in [0.29, 0.717) is 0 Å². The van der Waals surface area contributed by atoms with E-state index in [1.165, 1.54) is 16.7 Å². The Hall–Kier alpha value is -2.42. The van der Waals surface area contributed by atoms with Gasteiger partial charge in [-0.2, -0.15) is 0 Å². The summed E-state index contributed by atoms with van der Waals surface area (Å²) in [6.07, 6.45) is 0. The average Bonchev–Trinajstić information content (AvgIpc) is 2.91. The summed E-state index contributed by atoms with van der Waals surface area (Å²) < 4.78 is 0. The van der Waals surface area contributed by atoms with Gasteiger partial charge < -0.3 is 10.2 Å². The summed E-state index contributed by atoms with van der Waals surface area (Å²) in [6.45, 7) is 14.3. The molecule has 3 rings (SSSR count). The topological polar surface area (TPSA) is 40.5 Å². The lowest BCUT2D eigenvalue weighted by molar-refractivity contribution is 0.399. The smallest absolute Gasteiger partial charge is 0.0423 e. The van der Waals surface area contributed by atoms with Crippen LogP contribution in [0, 0.1) is 0 Å². The van der Waals surface area contributed by atoms with Crippen molar-refractivity contribution in [1.29, 1.82) is 0 Å². The molecule has 0 unspecified atom stereocenters. The summed E-state index contributed by atoms with van der Waals surface area (Å²) >= 11 is 0. The SMILES string of the molecule is CC.CC.CC.CC(c1ccccc1)(c1ccccc1)c1ccccc1.CO.CO. The molecule has 30 heavy (non-hydrogen) atoms. The third-order valence-corrected chi connectivity index (χ3v) is 4.05. The molecular weight excluding hydrogens is 368 g/mol. The van der Waals surface area contributed by atoms with Gasteiger partial charge >= 0.3 is 0 Å². The van der Waals surface area contributed by atoms with Crippen LogP contribution in [0.5, 0.6) is 0 Å². The van der Waals surface area contributed by atoms with Crippen LogP contribution in [0.25, 0.3) is 0 Å². The Bertz CT molecular complexity index is 568. The number of aliphatic hydroxyl groups is 2. The predicted octanol–water partition coefficient (Wildman–Crippen LogP) is 7.34. The van der Waals surface area contributed by atoms with E-state index in [4.69, 9.17) is 10.2 Å². The first kappa shape index (κ1) is 32.3.